The van der Waals surface area contributed by atoms with Crippen molar-refractivity contribution >= 4 is 23.8 Å². The van der Waals surface area contributed by atoms with Crippen LogP contribution in [0.3, 0.4) is 0 Å². The van der Waals surface area contributed by atoms with Gasteiger partial charge in [-0.15, -0.1) is 0 Å². The molecule has 1 aromatic carbocycles. The molecule has 18 heavy (non-hydrogen) atoms. The number of carboxylic acids is 1. The Labute approximate surface area is 110 Å². The van der Waals surface area contributed by atoms with Gasteiger partial charge in [0.25, 0.3) is 0 Å². The van der Waals surface area contributed by atoms with Gasteiger partial charge in [-0.3, -0.25) is 4.79 Å². The Morgan fingerprint density at radius 1 is 1.44 bits per heavy atom. The average Bonchev–Trinajstić information content (AvgIpc) is 2.84. The molecular formula is C13H14ClNO3. The highest BCUT2D eigenvalue weighted by molar-refractivity contribution is 6.30. The molecule has 0 radical (unpaired) electrons. The van der Waals surface area contributed by atoms with E-state index in [0.29, 0.717) is 10.8 Å². The fraction of sp³-hybridized carbons (Fsp3) is 0.385. The molecule has 1 saturated carbocycles. The van der Waals surface area contributed by atoms with Crippen LogP contribution in [0, 0.1) is 17.3 Å². The smallest absolute Gasteiger partial charge is 0.307 e. The van der Waals surface area contributed by atoms with E-state index in [1.165, 1.54) is 0 Å². The summed E-state index contributed by atoms with van der Waals surface area (Å²) in [6.07, 6.45) is 1.56. The number of carbonyl (C=O) groups is 1. The van der Waals surface area contributed by atoms with E-state index in [0.717, 1.165) is 0 Å². The number of oxime groups is 1. The second kappa shape index (κ2) is 4.61. The molecule has 1 aliphatic rings. The van der Waals surface area contributed by atoms with E-state index in [1.54, 1.807) is 30.5 Å². The number of hydrogen-bond donors (Lipinski definition) is 1. The first kappa shape index (κ1) is 12.9. The van der Waals surface area contributed by atoms with Crippen LogP contribution in [0.15, 0.2) is 29.4 Å². The number of nitrogens with zero attached hydrogens (tertiary/aromatic N) is 1. The molecular weight excluding hydrogens is 254 g/mol. The molecule has 0 saturated heterocycles. The first-order valence-electron chi connectivity index (χ1n) is 5.62. The van der Waals surface area contributed by atoms with Gasteiger partial charge in [-0.05, 0) is 29.7 Å². The van der Waals surface area contributed by atoms with Crippen molar-refractivity contribution in [3.8, 4) is 5.75 Å². The molecule has 1 fully saturated rings. The molecule has 0 aliphatic heterocycles. The maximum atomic E-state index is 10.9. The highest BCUT2D eigenvalue weighted by Crippen LogP contribution is 2.57. The number of hydrogen-bond acceptors (Lipinski definition) is 3. The minimum Gasteiger partial charge on any atom is -0.481 e. The predicted molar refractivity (Wildman–Crippen MR) is 69.0 cm³/mol. The van der Waals surface area contributed by atoms with Gasteiger partial charge in [-0.2, -0.15) is 0 Å². The third-order valence-corrected chi connectivity index (χ3v) is 3.62. The lowest BCUT2D eigenvalue weighted by atomic mass is 10.1. The van der Waals surface area contributed by atoms with Gasteiger partial charge in [-0.25, -0.2) is 0 Å². The third-order valence-electron chi connectivity index (χ3n) is 3.37. The number of rotatable bonds is 4. The van der Waals surface area contributed by atoms with Crippen molar-refractivity contribution in [1.82, 2.24) is 0 Å². The molecule has 2 atom stereocenters. The van der Waals surface area contributed by atoms with Gasteiger partial charge in [-0.1, -0.05) is 30.6 Å². The SMILES string of the molecule is CC1(C)[C@H](C(=O)O)[C@@H]1C=NOc1ccc(Cl)cc1. The molecule has 0 spiro atoms. The largest absolute Gasteiger partial charge is 0.481 e. The highest BCUT2D eigenvalue weighted by atomic mass is 35.5. The summed E-state index contributed by atoms with van der Waals surface area (Å²) in [6.45, 7) is 3.82. The van der Waals surface area contributed by atoms with Gasteiger partial charge in [0.1, 0.15) is 0 Å². The molecule has 1 aliphatic carbocycles. The van der Waals surface area contributed by atoms with Gasteiger partial charge >= 0.3 is 5.97 Å². The Kier molecular flexibility index (Phi) is 3.30. The lowest BCUT2D eigenvalue weighted by Gasteiger charge is -1.98. The van der Waals surface area contributed by atoms with Crippen molar-refractivity contribution in [1.29, 1.82) is 0 Å². The van der Waals surface area contributed by atoms with Crippen molar-refractivity contribution in [2.45, 2.75) is 13.8 Å². The van der Waals surface area contributed by atoms with Gasteiger partial charge in [0.05, 0.1) is 5.92 Å². The summed E-state index contributed by atoms with van der Waals surface area (Å²) in [5.41, 5.74) is -0.251. The summed E-state index contributed by atoms with van der Waals surface area (Å²) < 4.78 is 0. The third kappa shape index (κ3) is 2.48. The van der Waals surface area contributed by atoms with Gasteiger partial charge in [0, 0.05) is 17.2 Å². The van der Waals surface area contributed by atoms with Crippen LogP contribution in [0.2, 0.25) is 5.02 Å². The lowest BCUT2D eigenvalue weighted by molar-refractivity contribution is -0.139. The van der Waals surface area contributed by atoms with E-state index in [4.69, 9.17) is 21.5 Å². The van der Waals surface area contributed by atoms with Crippen LogP contribution in [0.4, 0.5) is 0 Å². The molecule has 2 rings (SSSR count). The molecule has 0 aromatic heterocycles. The summed E-state index contributed by atoms with van der Waals surface area (Å²) >= 11 is 5.74. The van der Waals surface area contributed by atoms with Crippen LogP contribution in [0.25, 0.3) is 0 Å². The zero-order chi connectivity index (χ0) is 13.3. The number of benzene rings is 1. The van der Waals surface area contributed by atoms with Gasteiger partial charge in [0.2, 0.25) is 0 Å². The monoisotopic (exact) mass is 267 g/mol. The first-order valence-corrected chi connectivity index (χ1v) is 5.99. The van der Waals surface area contributed by atoms with Crippen LogP contribution in [-0.2, 0) is 4.79 Å². The van der Waals surface area contributed by atoms with E-state index in [2.05, 4.69) is 5.16 Å². The quantitative estimate of drug-likeness (QED) is 0.674. The van der Waals surface area contributed by atoms with Crippen molar-refractivity contribution < 1.29 is 14.7 Å². The lowest BCUT2D eigenvalue weighted by Crippen LogP contribution is -2.03. The number of aliphatic carboxylic acids is 1. The van der Waals surface area contributed by atoms with E-state index in [9.17, 15) is 4.79 Å². The van der Waals surface area contributed by atoms with Crippen LogP contribution < -0.4 is 4.84 Å². The summed E-state index contributed by atoms with van der Waals surface area (Å²) in [4.78, 5) is 16.1. The maximum Gasteiger partial charge on any atom is 0.307 e. The minimum atomic E-state index is -0.789. The van der Waals surface area contributed by atoms with Gasteiger partial charge in [0.15, 0.2) is 5.75 Å². The van der Waals surface area contributed by atoms with Crippen molar-refractivity contribution in [2.24, 2.45) is 22.4 Å². The molecule has 0 bridgehead atoms. The molecule has 4 nitrogen and oxygen atoms in total. The highest BCUT2D eigenvalue weighted by Gasteiger charge is 2.61. The van der Waals surface area contributed by atoms with Gasteiger partial charge < -0.3 is 9.94 Å². The Balaban J connectivity index is 1.93. The van der Waals surface area contributed by atoms with E-state index < -0.39 is 5.97 Å². The number of halogens is 1. The normalized spacial score (nSPS) is 25.1. The first-order chi connectivity index (χ1) is 8.43. The zero-order valence-corrected chi connectivity index (χ0v) is 10.9. The van der Waals surface area contributed by atoms with E-state index in [-0.39, 0.29) is 17.3 Å². The summed E-state index contributed by atoms with van der Waals surface area (Å²) in [6, 6.07) is 6.81. The Hall–Kier alpha value is -1.55. The van der Waals surface area contributed by atoms with Crippen molar-refractivity contribution in [2.75, 3.05) is 0 Å². The average molecular weight is 268 g/mol. The maximum absolute atomic E-state index is 10.9. The zero-order valence-electron chi connectivity index (χ0n) is 10.1. The molecule has 0 unspecified atom stereocenters. The fourth-order valence-corrected chi connectivity index (χ4v) is 2.21. The molecule has 1 aromatic rings. The molecule has 96 valence electrons. The Bertz CT molecular complexity index is 482. The molecule has 0 amide bonds. The second-order valence-corrected chi connectivity index (χ2v) is 5.40. The summed E-state index contributed by atoms with van der Waals surface area (Å²) in [7, 11) is 0. The molecule has 1 N–H and O–H groups in total. The molecule has 0 heterocycles. The molecule has 5 heteroatoms. The topological polar surface area (TPSA) is 58.9 Å². The van der Waals surface area contributed by atoms with Crippen LogP contribution in [-0.4, -0.2) is 17.3 Å². The standard InChI is InChI=1S/C13H14ClNO3/c1-13(2)10(11(13)12(16)17)7-15-18-9-5-3-8(14)4-6-9/h3-7,10-11H,1-2H3,(H,16,17)/t10-,11-/m0/s1. The van der Waals surface area contributed by atoms with Crippen LogP contribution >= 0.6 is 11.6 Å². The van der Waals surface area contributed by atoms with Crippen LogP contribution in [0.5, 0.6) is 5.75 Å². The fourth-order valence-electron chi connectivity index (χ4n) is 2.08. The Morgan fingerprint density at radius 2 is 2.06 bits per heavy atom. The minimum absolute atomic E-state index is 0.0812. The van der Waals surface area contributed by atoms with E-state index in [1.807, 2.05) is 13.8 Å². The van der Waals surface area contributed by atoms with E-state index >= 15 is 0 Å². The summed E-state index contributed by atoms with van der Waals surface area (Å²) in [5.74, 6) is -0.679. The Morgan fingerprint density at radius 3 is 2.56 bits per heavy atom. The summed E-state index contributed by atoms with van der Waals surface area (Å²) in [5, 5.41) is 13.4. The predicted octanol–water partition coefficient (Wildman–Crippen LogP) is 3.06. The van der Waals surface area contributed by atoms with Crippen molar-refractivity contribution in [3.05, 3.63) is 29.3 Å². The number of carboxylic acid groups (broad SMARTS) is 1. The second-order valence-electron chi connectivity index (χ2n) is 4.96. The van der Waals surface area contributed by atoms with Crippen LogP contribution in [0.1, 0.15) is 13.8 Å². The van der Waals surface area contributed by atoms with Crippen molar-refractivity contribution in [3.63, 3.8) is 0 Å².